The lowest BCUT2D eigenvalue weighted by Gasteiger charge is -2.34. The van der Waals surface area contributed by atoms with E-state index < -0.39 is 0 Å². The first kappa shape index (κ1) is 23.9. The van der Waals surface area contributed by atoms with Crippen molar-refractivity contribution in [3.05, 3.63) is 58.5 Å². The van der Waals surface area contributed by atoms with Gasteiger partial charge in [-0.2, -0.15) is 0 Å². The molecule has 0 aliphatic carbocycles. The number of benzene rings is 1. The Hall–Kier alpha value is -3.21. The third-order valence-corrected chi connectivity index (χ3v) is 5.95. The van der Waals surface area contributed by atoms with Gasteiger partial charge < -0.3 is 9.64 Å². The molecule has 0 spiro atoms. The maximum absolute atomic E-state index is 12.8. The number of hydrazone groups is 1. The summed E-state index contributed by atoms with van der Waals surface area (Å²) in [5, 5.41) is 8.72. The third-order valence-electron chi connectivity index (χ3n) is 5.72. The predicted octanol–water partition coefficient (Wildman–Crippen LogP) is 2.00. The molecule has 180 valence electrons. The minimum Gasteiger partial charge on any atom is -0.480 e. The Morgan fingerprint density at radius 1 is 1.18 bits per heavy atom. The molecule has 4 rings (SSSR count). The van der Waals surface area contributed by atoms with Crippen molar-refractivity contribution < 1.29 is 9.53 Å². The molecule has 2 aliphatic heterocycles. The summed E-state index contributed by atoms with van der Waals surface area (Å²) < 4.78 is 5.05. The Kier molecular flexibility index (Phi) is 7.61. The van der Waals surface area contributed by atoms with E-state index in [9.17, 15) is 4.79 Å². The van der Waals surface area contributed by atoms with Crippen LogP contribution in [0.1, 0.15) is 23.7 Å². The number of nitrogens with one attached hydrogen (secondary N) is 1. The predicted molar refractivity (Wildman–Crippen MR) is 130 cm³/mol. The molecule has 1 fully saturated rings. The molecule has 11 heteroatoms. The average Bonchev–Trinajstić information content (AvgIpc) is 3.15. The molecule has 0 radical (unpaired) electrons. The second-order valence-electron chi connectivity index (χ2n) is 8.18. The number of ether oxygens (including phenoxy) is 1. The highest BCUT2D eigenvalue weighted by Crippen LogP contribution is 2.21. The maximum Gasteiger partial charge on any atom is 0.246 e. The van der Waals surface area contributed by atoms with E-state index in [0.717, 1.165) is 35.7 Å². The van der Waals surface area contributed by atoms with Gasteiger partial charge in [-0.1, -0.05) is 17.7 Å². The van der Waals surface area contributed by atoms with E-state index in [4.69, 9.17) is 16.3 Å². The highest BCUT2D eigenvalue weighted by atomic mass is 35.5. The summed E-state index contributed by atoms with van der Waals surface area (Å²) in [7, 11) is 3.46. The molecule has 0 saturated carbocycles. The summed E-state index contributed by atoms with van der Waals surface area (Å²) in [5.74, 6) is 1.32. The normalized spacial score (nSPS) is 17.2. The topological polar surface area (TPSA) is 89.4 Å². The van der Waals surface area contributed by atoms with Gasteiger partial charge in [0.05, 0.1) is 31.7 Å². The monoisotopic (exact) mass is 484 g/mol. The van der Waals surface area contributed by atoms with Crippen molar-refractivity contribution >= 4 is 29.4 Å². The largest absolute Gasteiger partial charge is 0.480 e. The van der Waals surface area contributed by atoms with Gasteiger partial charge >= 0.3 is 0 Å². The van der Waals surface area contributed by atoms with Gasteiger partial charge in [0.2, 0.25) is 11.8 Å². The lowest BCUT2D eigenvalue weighted by atomic mass is 10.1. The summed E-state index contributed by atoms with van der Waals surface area (Å²) in [6.07, 6.45) is 6.84. The summed E-state index contributed by atoms with van der Waals surface area (Å²) in [6.45, 7) is 6.03. The van der Waals surface area contributed by atoms with Crippen LogP contribution in [-0.2, 0) is 17.9 Å². The van der Waals surface area contributed by atoms with Gasteiger partial charge in [-0.25, -0.2) is 10.1 Å². The van der Waals surface area contributed by atoms with Crippen LogP contribution in [0, 0.1) is 0 Å². The number of nitrogens with zero attached hydrogens (tertiary/aromatic N) is 7. The number of carbonyl (C=O) groups excluding carboxylic acids is 1. The minimum absolute atomic E-state index is 0.00129. The highest BCUT2D eigenvalue weighted by molar-refractivity contribution is 6.30. The van der Waals surface area contributed by atoms with Crippen LogP contribution in [0.5, 0.6) is 5.88 Å². The lowest BCUT2D eigenvalue weighted by molar-refractivity contribution is -0.127. The van der Waals surface area contributed by atoms with Crippen LogP contribution in [-0.4, -0.2) is 82.1 Å². The number of piperazine rings is 1. The van der Waals surface area contributed by atoms with E-state index in [0.29, 0.717) is 37.1 Å². The summed E-state index contributed by atoms with van der Waals surface area (Å²) in [4.78, 5) is 25.5. The molecule has 1 aromatic heterocycles. The van der Waals surface area contributed by atoms with Gasteiger partial charge in [-0.05, 0) is 36.3 Å². The van der Waals surface area contributed by atoms with Crippen LogP contribution in [0.2, 0.25) is 5.02 Å². The van der Waals surface area contributed by atoms with Gasteiger partial charge in [0.1, 0.15) is 5.84 Å². The van der Waals surface area contributed by atoms with E-state index in [1.807, 2.05) is 53.4 Å². The quantitative estimate of drug-likeness (QED) is 0.597. The van der Waals surface area contributed by atoms with Gasteiger partial charge in [0, 0.05) is 50.9 Å². The van der Waals surface area contributed by atoms with Gasteiger partial charge in [0.15, 0.2) is 0 Å². The van der Waals surface area contributed by atoms with Gasteiger partial charge in [0.25, 0.3) is 0 Å². The van der Waals surface area contributed by atoms with Crippen molar-refractivity contribution in [2.24, 2.45) is 5.10 Å². The SMILES string of the molecule is COc1cnc(CN2CCN(C(=O)C=Cc3ccc(Cl)cc3CN3N=C(C)NN3C)CC2)cn1. The van der Waals surface area contributed by atoms with E-state index in [2.05, 4.69) is 25.4 Å². The number of amidine groups is 1. The molecule has 1 aromatic carbocycles. The first-order chi connectivity index (χ1) is 16.4. The summed E-state index contributed by atoms with van der Waals surface area (Å²) >= 11 is 6.24. The van der Waals surface area contributed by atoms with Gasteiger partial charge in [-0.3, -0.25) is 20.1 Å². The smallest absolute Gasteiger partial charge is 0.246 e. The zero-order valence-corrected chi connectivity index (χ0v) is 20.4. The highest BCUT2D eigenvalue weighted by Gasteiger charge is 2.21. The minimum atomic E-state index is -0.00129. The van der Waals surface area contributed by atoms with E-state index in [1.54, 1.807) is 25.6 Å². The second-order valence-corrected chi connectivity index (χ2v) is 8.62. The first-order valence-electron chi connectivity index (χ1n) is 11.1. The zero-order valence-electron chi connectivity index (χ0n) is 19.6. The maximum atomic E-state index is 12.8. The molecule has 0 bridgehead atoms. The number of hydrazine groups is 2. The van der Waals surface area contributed by atoms with Crippen LogP contribution in [0.3, 0.4) is 0 Å². The molecular formula is C23H29ClN8O2. The number of aromatic nitrogens is 2. The fourth-order valence-electron chi connectivity index (χ4n) is 3.87. The van der Waals surface area contributed by atoms with Crippen LogP contribution in [0.4, 0.5) is 0 Å². The van der Waals surface area contributed by atoms with E-state index in [-0.39, 0.29) is 5.91 Å². The van der Waals surface area contributed by atoms with Crippen LogP contribution in [0.15, 0.2) is 41.8 Å². The molecule has 2 aliphatic rings. The lowest BCUT2D eigenvalue weighted by Crippen LogP contribution is -2.47. The van der Waals surface area contributed by atoms with Crippen molar-refractivity contribution in [3.8, 4) is 5.88 Å². The Morgan fingerprint density at radius 2 is 1.97 bits per heavy atom. The number of methoxy groups -OCH3 is 1. The number of rotatable bonds is 7. The van der Waals surface area contributed by atoms with Crippen molar-refractivity contribution in [3.63, 3.8) is 0 Å². The van der Waals surface area contributed by atoms with Gasteiger partial charge in [-0.15, -0.1) is 10.2 Å². The number of carbonyl (C=O) groups is 1. The Bertz CT molecular complexity index is 1070. The molecular weight excluding hydrogens is 456 g/mol. The summed E-state index contributed by atoms with van der Waals surface area (Å²) in [5.41, 5.74) is 5.92. The third kappa shape index (κ3) is 6.02. The molecule has 0 unspecified atom stereocenters. The first-order valence-corrected chi connectivity index (χ1v) is 11.4. The fraction of sp³-hybridized carbons (Fsp3) is 0.391. The molecule has 34 heavy (non-hydrogen) atoms. The molecule has 3 heterocycles. The Labute approximate surface area is 204 Å². The fourth-order valence-corrected chi connectivity index (χ4v) is 4.07. The summed E-state index contributed by atoms with van der Waals surface area (Å²) in [6, 6.07) is 5.66. The van der Waals surface area contributed by atoms with Crippen LogP contribution >= 0.6 is 11.6 Å². The van der Waals surface area contributed by atoms with Crippen LogP contribution < -0.4 is 10.2 Å². The van der Waals surface area contributed by atoms with Crippen molar-refractivity contribution in [1.82, 2.24) is 35.4 Å². The molecule has 2 aromatic rings. The average molecular weight is 485 g/mol. The second kappa shape index (κ2) is 10.8. The van der Waals surface area contributed by atoms with E-state index in [1.165, 1.54) is 0 Å². The number of hydrogen-bond acceptors (Lipinski definition) is 9. The number of hydrogen-bond donors (Lipinski definition) is 1. The zero-order chi connectivity index (χ0) is 24.1. The van der Waals surface area contributed by atoms with Crippen molar-refractivity contribution in [2.75, 3.05) is 40.3 Å². The van der Waals surface area contributed by atoms with E-state index >= 15 is 0 Å². The molecule has 1 N–H and O–H groups in total. The Morgan fingerprint density at radius 3 is 2.62 bits per heavy atom. The standard InChI is InChI=1S/C23H29ClN8O2/c1-17-27-29(2)32(28-17)15-19-12-20(24)6-4-18(19)5-7-23(33)31-10-8-30(9-11-31)16-21-13-26-22(34-3)14-25-21/h4-7,12-14H,8-11,15-16H2,1-3H3,(H,27,28). The molecule has 1 amide bonds. The van der Waals surface area contributed by atoms with Crippen molar-refractivity contribution in [1.29, 1.82) is 0 Å². The van der Waals surface area contributed by atoms with Crippen molar-refractivity contribution in [2.45, 2.75) is 20.0 Å². The number of amides is 1. The Balaban J connectivity index is 1.33. The molecule has 1 saturated heterocycles. The molecule has 0 atom stereocenters. The molecule has 10 nitrogen and oxygen atoms in total. The van der Waals surface area contributed by atoms with Crippen LogP contribution in [0.25, 0.3) is 6.08 Å². The number of halogens is 1.